The summed E-state index contributed by atoms with van der Waals surface area (Å²) in [5, 5.41) is 2.98. The molecule has 0 radical (unpaired) electrons. The van der Waals surface area contributed by atoms with Gasteiger partial charge in [0.05, 0.1) is 17.5 Å². The van der Waals surface area contributed by atoms with Crippen LogP contribution in [-0.2, 0) is 21.2 Å². The summed E-state index contributed by atoms with van der Waals surface area (Å²) < 4.78 is 26.1. The average Bonchev–Trinajstić information content (AvgIpc) is 2.62. The molecule has 132 valence electrons. The first kappa shape index (κ1) is 17.6. The Morgan fingerprint density at radius 1 is 1.12 bits per heavy atom. The van der Waals surface area contributed by atoms with Crippen LogP contribution in [0.4, 0.5) is 0 Å². The zero-order valence-corrected chi connectivity index (χ0v) is 15.0. The number of sulfonamides is 1. The van der Waals surface area contributed by atoms with E-state index < -0.39 is 10.0 Å². The Bertz CT molecular complexity index is 850. The predicted molar refractivity (Wildman–Crippen MR) is 96.5 cm³/mol. The molecule has 0 fully saturated rings. The van der Waals surface area contributed by atoms with E-state index in [2.05, 4.69) is 11.4 Å². The number of fused-ring (bicyclic) bond motifs is 1. The summed E-state index contributed by atoms with van der Waals surface area (Å²) in [5.41, 5.74) is 2.39. The fourth-order valence-corrected chi connectivity index (χ4v) is 4.35. The summed E-state index contributed by atoms with van der Waals surface area (Å²) in [4.78, 5) is 12.6. The van der Waals surface area contributed by atoms with Crippen LogP contribution in [0.25, 0.3) is 0 Å². The molecule has 6 heteroatoms. The van der Waals surface area contributed by atoms with Crippen LogP contribution in [-0.4, -0.2) is 32.2 Å². The van der Waals surface area contributed by atoms with Crippen molar-refractivity contribution in [2.24, 2.45) is 0 Å². The molecule has 0 bridgehead atoms. The van der Waals surface area contributed by atoms with Gasteiger partial charge in [0.25, 0.3) is 0 Å². The number of rotatable bonds is 5. The number of nitrogens with one attached hydrogen (secondary N) is 1. The van der Waals surface area contributed by atoms with E-state index in [1.807, 2.05) is 18.2 Å². The van der Waals surface area contributed by atoms with Gasteiger partial charge in [-0.3, -0.25) is 4.79 Å². The number of amides is 1. The number of carbonyl (C=O) groups excluding carboxylic acids is 1. The van der Waals surface area contributed by atoms with Crippen LogP contribution in [0.3, 0.4) is 0 Å². The molecule has 2 aromatic carbocycles. The van der Waals surface area contributed by atoms with Gasteiger partial charge in [-0.25, -0.2) is 8.42 Å². The molecule has 1 aliphatic carbocycles. The SMILES string of the molecule is CN(CC(=O)NC1CCCc2ccccc21)S(=O)(=O)c1ccccc1. The van der Waals surface area contributed by atoms with Crippen molar-refractivity contribution in [3.63, 3.8) is 0 Å². The van der Waals surface area contributed by atoms with Gasteiger partial charge in [-0.05, 0) is 42.5 Å². The largest absolute Gasteiger partial charge is 0.348 e. The number of hydrogen-bond acceptors (Lipinski definition) is 3. The Kier molecular flexibility index (Phi) is 5.20. The standard InChI is InChI=1S/C19H22N2O3S/c1-21(25(23,24)16-10-3-2-4-11-16)14-19(22)20-18-13-7-9-15-8-5-6-12-17(15)18/h2-6,8,10-12,18H,7,9,13-14H2,1H3,(H,20,22). The van der Waals surface area contributed by atoms with E-state index in [9.17, 15) is 13.2 Å². The van der Waals surface area contributed by atoms with Crippen molar-refractivity contribution in [2.45, 2.75) is 30.2 Å². The van der Waals surface area contributed by atoms with E-state index in [0.29, 0.717) is 0 Å². The van der Waals surface area contributed by atoms with Gasteiger partial charge in [0.1, 0.15) is 0 Å². The number of hydrogen-bond donors (Lipinski definition) is 1. The first-order chi connectivity index (χ1) is 12.0. The third-order valence-electron chi connectivity index (χ3n) is 4.52. The highest BCUT2D eigenvalue weighted by atomic mass is 32.2. The fraction of sp³-hybridized carbons (Fsp3) is 0.316. The van der Waals surface area contributed by atoms with E-state index in [-0.39, 0.29) is 23.4 Å². The molecule has 1 amide bonds. The summed E-state index contributed by atoms with van der Waals surface area (Å²) in [6, 6.07) is 16.2. The molecule has 0 saturated heterocycles. The second-order valence-corrected chi connectivity index (χ2v) is 8.33. The maximum absolute atomic E-state index is 12.5. The van der Waals surface area contributed by atoms with Gasteiger partial charge in [0, 0.05) is 7.05 Å². The van der Waals surface area contributed by atoms with Gasteiger partial charge >= 0.3 is 0 Å². The third kappa shape index (κ3) is 3.91. The Labute approximate surface area is 148 Å². The maximum atomic E-state index is 12.5. The lowest BCUT2D eigenvalue weighted by molar-refractivity contribution is -0.122. The summed E-state index contributed by atoms with van der Waals surface area (Å²) in [6.45, 7) is -0.199. The molecule has 25 heavy (non-hydrogen) atoms. The lowest BCUT2D eigenvalue weighted by Gasteiger charge is -2.27. The number of nitrogens with zero attached hydrogens (tertiary/aromatic N) is 1. The van der Waals surface area contributed by atoms with Crippen molar-refractivity contribution in [1.29, 1.82) is 0 Å². The zero-order chi connectivity index (χ0) is 17.9. The highest BCUT2D eigenvalue weighted by molar-refractivity contribution is 7.89. The average molecular weight is 358 g/mol. The molecule has 1 N–H and O–H groups in total. The zero-order valence-electron chi connectivity index (χ0n) is 14.2. The second kappa shape index (κ2) is 7.37. The smallest absolute Gasteiger partial charge is 0.243 e. The number of carbonyl (C=O) groups is 1. The lowest BCUT2D eigenvalue weighted by Crippen LogP contribution is -2.40. The van der Waals surface area contributed by atoms with Gasteiger partial charge in [-0.2, -0.15) is 4.31 Å². The molecule has 0 aliphatic heterocycles. The molecule has 2 aromatic rings. The summed E-state index contributed by atoms with van der Waals surface area (Å²) >= 11 is 0. The Balaban J connectivity index is 1.67. The molecule has 0 spiro atoms. The minimum Gasteiger partial charge on any atom is -0.348 e. The molecule has 0 aromatic heterocycles. The molecular weight excluding hydrogens is 336 g/mol. The van der Waals surface area contributed by atoms with E-state index in [1.165, 1.54) is 24.7 Å². The van der Waals surface area contributed by atoms with Crippen molar-refractivity contribution in [1.82, 2.24) is 9.62 Å². The first-order valence-electron chi connectivity index (χ1n) is 8.37. The van der Waals surface area contributed by atoms with Crippen LogP contribution in [0, 0.1) is 0 Å². The van der Waals surface area contributed by atoms with Crippen LogP contribution in [0.2, 0.25) is 0 Å². The fourth-order valence-electron chi connectivity index (χ4n) is 3.20. The quantitative estimate of drug-likeness (QED) is 0.893. The Morgan fingerprint density at radius 3 is 2.56 bits per heavy atom. The van der Waals surface area contributed by atoms with Crippen LogP contribution in [0.1, 0.15) is 30.0 Å². The molecule has 0 saturated carbocycles. The molecular formula is C19H22N2O3S. The Hall–Kier alpha value is -2.18. The van der Waals surface area contributed by atoms with Crippen molar-refractivity contribution in [2.75, 3.05) is 13.6 Å². The second-order valence-electron chi connectivity index (χ2n) is 6.29. The number of aryl methyl sites for hydroxylation is 1. The molecule has 0 heterocycles. The molecule has 1 aliphatic rings. The normalized spacial score (nSPS) is 17.1. The molecule has 5 nitrogen and oxygen atoms in total. The van der Waals surface area contributed by atoms with E-state index in [4.69, 9.17) is 0 Å². The van der Waals surface area contributed by atoms with Gasteiger partial charge in [0.15, 0.2) is 0 Å². The van der Waals surface area contributed by atoms with Gasteiger partial charge in [0.2, 0.25) is 15.9 Å². The van der Waals surface area contributed by atoms with Crippen LogP contribution in [0.5, 0.6) is 0 Å². The molecule has 1 atom stereocenters. The summed E-state index contributed by atoms with van der Waals surface area (Å²) in [6.07, 6.45) is 2.91. The van der Waals surface area contributed by atoms with Crippen molar-refractivity contribution >= 4 is 15.9 Å². The maximum Gasteiger partial charge on any atom is 0.243 e. The minimum atomic E-state index is -3.66. The topological polar surface area (TPSA) is 66.5 Å². The number of benzene rings is 2. The van der Waals surface area contributed by atoms with Crippen molar-refractivity contribution in [3.8, 4) is 0 Å². The minimum absolute atomic E-state index is 0.0507. The van der Waals surface area contributed by atoms with Crippen LogP contribution < -0.4 is 5.32 Å². The van der Waals surface area contributed by atoms with E-state index in [1.54, 1.807) is 18.2 Å². The highest BCUT2D eigenvalue weighted by Crippen LogP contribution is 2.29. The molecule has 3 rings (SSSR count). The monoisotopic (exact) mass is 358 g/mol. The van der Waals surface area contributed by atoms with Gasteiger partial charge in [-0.15, -0.1) is 0 Å². The summed E-state index contributed by atoms with van der Waals surface area (Å²) in [7, 11) is -2.24. The predicted octanol–water partition coefficient (Wildman–Crippen LogP) is 2.50. The van der Waals surface area contributed by atoms with Crippen molar-refractivity contribution in [3.05, 3.63) is 65.7 Å². The van der Waals surface area contributed by atoms with Gasteiger partial charge < -0.3 is 5.32 Å². The van der Waals surface area contributed by atoms with Crippen LogP contribution in [0.15, 0.2) is 59.5 Å². The first-order valence-corrected chi connectivity index (χ1v) is 9.81. The lowest BCUT2D eigenvalue weighted by atomic mass is 9.88. The van der Waals surface area contributed by atoms with Crippen molar-refractivity contribution < 1.29 is 13.2 Å². The highest BCUT2D eigenvalue weighted by Gasteiger charge is 2.25. The van der Waals surface area contributed by atoms with Gasteiger partial charge in [-0.1, -0.05) is 42.5 Å². The van der Waals surface area contributed by atoms with E-state index in [0.717, 1.165) is 29.1 Å². The summed E-state index contributed by atoms with van der Waals surface area (Å²) in [5.74, 6) is -0.288. The number of likely N-dealkylation sites (N-methyl/N-ethyl adjacent to an activating group) is 1. The van der Waals surface area contributed by atoms with Crippen LogP contribution >= 0.6 is 0 Å². The van der Waals surface area contributed by atoms with E-state index >= 15 is 0 Å². The molecule has 1 unspecified atom stereocenters. The Morgan fingerprint density at radius 2 is 1.80 bits per heavy atom. The third-order valence-corrected chi connectivity index (χ3v) is 6.34.